The van der Waals surface area contributed by atoms with Crippen LogP contribution in [0.3, 0.4) is 0 Å². The fourth-order valence-corrected chi connectivity index (χ4v) is 1.71. The van der Waals surface area contributed by atoms with Crippen LogP contribution in [0.4, 0.5) is 5.82 Å². The molecule has 0 radical (unpaired) electrons. The molecule has 0 fully saturated rings. The Morgan fingerprint density at radius 3 is 2.74 bits per heavy atom. The van der Waals surface area contributed by atoms with Gasteiger partial charge in [-0.15, -0.1) is 0 Å². The number of nitrogens with one attached hydrogen (secondary N) is 1. The highest BCUT2D eigenvalue weighted by Gasteiger charge is 2.13. The van der Waals surface area contributed by atoms with Crippen molar-refractivity contribution in [2.45, 2.75) is 6.54 Å². The molecule has 1 amide bonds. The Balaban J connectivity index is 2.08. The number of nitrogens with zero attached hydrogens (tertiary/aromatic N) is 3. The Kier molecular flexibility index (Phi) is 4.07. The zero-order chi connectivity index (χ0) is 13.7. The number of aromatic nitrogens is 2. The number of hydrogen-bond acceptors (Lipinski definition) is 4. The maximum absolute atomic E-state index is 12.1. The maximum atomic E-state index is 12.1. The number of rotatable bonds is 4. The monoisotopic (exact) mass is 256 g/mol. The molecule has 0 atom stereocenters. The quantitative estimate of drug-likeness (QED) is 0.900. The normalized spacial score (nSPS) is 10.0. The van der Waals surface area contributed by atoms with Crippen LogP contribution in [-0.2, 0) is 6.54 Å². The van der Waals surface area contributed by atoms with Gasteiger partial charge in [-0.25, -0.2) is 4.98 Å². The van der Waals surface area contributed by atoms with Gasteiger partial charge in [0.2, 0.25) is 0 Å². The molecular formula is C14H16N4O. The molecule has 5 heteroatoms. The van der Waals surface area contributed by atoms with Crippen LogP contribution in [-0.4, -0.2) is 30.0 Å². The molecule has 2 rings (SSSR count). The van der Waals surface area contributed by atoms with Gasteiger partial charge in [0.25, 0.3) is 5.91 Å². The minimum absolute atomic E-state index is 0.138. The van der Waals surface area contributed by atoms with Crippen molar-refractivity contribution >= 4 is 11.7 Å². The zero-order valence-electron chi connectivity index (χ0n) is 11.0. The van der Waals surface area contributed by atoms with Crippen LogP contribution in [0.5, 0.6) is 0 Å². The largest absolute Gasteiger partial charge is 0.362 e. The smallest absolute Gasteiger partial charge is 0.255 e. The maximum Gasteiger partial charge on any atom is 0.255 e. The molecule has 0 bridgehead atoms. The Hall–Kier alpha value is -2.43. The Labute approximate surface area is 112 Å². The SMILES string of the molecule is CN(C)c1ncccc1C(=O)NCc1cccnc1. The van der Waals surface area contributed by atoms with E-state index in [2.05, 4.69) is 15.3 Å². The van der Waals surface area contributed by atoms with Crippen LogP contribution < -0.4 is 10.2 Å². The van der Waals surface area contributed by atoms with Crippen molar-refractivity contribution in [3.8, 4) is 0 Å². The number of amides is 1. The lowest BCUT2D eigenvalue weighted by molar-refractivity contribution is 0.0951. The minimum atomic E-state index is -0.138. The highest BCUT2D eigenvalue weighted by Crippen LogP contribution is 2.14. The van der Waals surface area contributed by atoms with Gasteiger partial charge in [-0.1, -0.05) is 6.07 Å². The van der Waals surface area contributed by atoms with Gasteiger partial charge >= 0.3 is 0 Å². The van der Waals surface area contributed by atoms with Gasteiger partial charge in [-0.05, 0) is 23.8 Å². The van der Waals surface area contributed by atoms with Gasteiger partial charge in [-0.3, -0.25) is 9.78 Å². The number of pyridine rings is 2. The second-order valence-corrected chi connectivity index (χ2v) is 4.31. The molecule has 1 N–H and O–H groups in total. The number of carbonyl (C=O) groups excluding carboxylic acids is 1. The zero-order valence-corrected chi connectivity index (χ0v) is 11.0. The first-order chi connectivity index (χ1) is 9.18. The molecule has 2 heterocycles. The minimum Gasteiger partial charge on any atom is -0.362 e. The highest BCUT2D eigenvalue weighted by atomic mass is 16.1. The van der Waals surface area contributed by atoms with Crippen molar-refractivity contribution < 1.29 is 4.79 Å². The molecule has 0 aliphatic heterocycles. The third-order valence-electron chi connectivity index (χ3n) is 2.63. The lowest BCUT2D eigenvalue weighted by Gasteiger charge is -2.15. The summed E-state index contributed by atoms with van der Waals surface area (Å²) in [5.41, 5.74) is 1.53. The van der Waals surface area contributed by atoms with Gasteiger partial charge < -0.3 is 10.2 Å². The molecule has 2 aromatic heterocycles. The van der Waals surface area contributed by atoms with Gasteiger partial charge in [0, 0.05) is 39.2 Å². The molecule has 5 nitrogen and oxygen atoms in total. The highest BCUT2D eigenvalue weighted by molar-refractivity contribution is 5.98. The summed E-state index contributed by atoms with van der Waals surface area (Å²) < 4.78 is 0. The molecule has 98 valence electrons. The summed E-state index contributed by atoms with van der Waals surface area (Å²) in [7, 11) is 3.72. The first-order valence-corrected chi connectivity index (χ1v) is 5.98. The second kappa shape index (κ2) is 5.95. The van der Waals surface area contributed by atoms with Crippen LogP contribution in [0.15, 0.2) is 42.9 Å². The fraction of sp³-hybridized carbons (Fsp3) is 0.214. The summed E-state index contributed by atoms with van der Waals surface area (Å²) in [6, 6.07) is 7.28. The summed E-state index contributed by atoms with van der Waals surface area (Å²) in [5.74, 6) is 0.520. The van der Waals surface area contributed by atoms with Crippen molar-refractivity contribution in [1.82, 2.24) is 15.3 Å². The predicted octanol–water partition coefficient (Wildman–Crippen LogP) is 1.47. The standard InChI is InChI=1S/C14H16N4O/c1-18(2)13-12(6-4-8-16-13)14(19)17-10-11-5-3-7-15-9-11/h3-9H,10H2,1-2H3,(H,17,19). The number of hydrogen-bond donors (Lipinski definition) is 1. The molecule has 0 unspecified atom stereocenters. The Morgan fingerprint density at radius 2 is 2.05 bits per heavy atom. The van der Waals surface area contributed by atoms with E-state index in [0.717, 1.165) is 5.56 Å². The van der Waals surface area contributed by atoms with Crippen molar-refractivity contribution in [2.75, 3.05) is 19.0 Å². The Morgan fingerprint density at radius 1 is 1.26 bits per heavy atom. The second-order valence-electron chi connectivity index (χ2n) is 4.31. The van der Waals surface area contributed by atoms with Crippen molar-refractivity contribution in [3.05, 3.63) is 54.0 Å². The average Bonchev–Trinajstić information content (AvgIpc) is 2.46. The lowest BCUT2D eigenvalue weighted by Crippen LogP contribution is -2.26. The van der Waals surface area contributed by atoms with Crippen LogP contribution in [0, 0.1) is 0 Å². The van der Waals surface area contributed by atoms with E-state index in [1.165, 1.54) is 0 Å². The van der Waals surface area contributed by atoms with Crippen LogP contribution in [0.2, 0.25) is 0 Å². The fourth-order valence-electron chi connectivity index (χ4n) is 1.71. The summed E-state index contributed by atoms with van der Waals surface area (Å²) in [6.45, 7) is 0.453. The van der Waals surface area contributed by atoms with E-state index >= 15 is 0 Å². The van der Waals surface area contributed by atoms with Gasteiger partial charge in [0.1, 0.15) is 5.82 Å². The van der Waals surface area contributed by atoms with Crippen molar-refractivity contribution in [2.24, 2.45) is 0 Å². The third-order valence-corrected chi connectivity index (χ3v) is 2.63. The molecule has 2 aromatic rings. The summed E-state index contributed by atoms with van der Waals surface area (Å²) in [4.78, 5) is 22.2. The van der Waals surface area contributed by atoms with E-state index in [1.807, 2.05) is 31.1 Å². The first-order valence-electron chi connectivity index (χ1n) is 5.98. The number of anilines is 1. The predicted molar refractivity (Wildman–Crippen MR) is 74.0 cm³/mol. The molecule has 0 saturated carbocycles. The van der Waals surface area contributed by atoms with Gasteiger partial charge in [-0.2, -0.15) is 0 Å². The van der Waals surface area contributed by atoms with Crippen molar-refractivity contribution in [3.63, 3.8) is 0 Å². The van der Waals surface area contributed by atoms with E-state index in [9.17, 15) is 4.79 Å². The van der Waals surface area contributed by atoms with Gasteiger partial charge in [0.05, 0.1) is 5.56 Å². The molecule has 0 aromatic carbocycles. The summed E-state index contributed by atoms with van der Waals surface area (Å²) in [6.07, 6.45) is 5.11. The molecular weight excluding hydrogens is 240 g/mol. The molecule has 0 spiro atoms. The lowest BCUT2D eigenvalue weighted by atomic mass is 10.2. The summed E-state index contributed by atoms with van der Waals surface area (Å²) in [5, 5.41) is 2.86. The van der Waals surface area contributed by atoms with Crippen LogP contribution in [0.25, 0.3) is 0 Å². The van der Waals surface area contributed by atoms with E-state index in [-0.39, 0.29) is 5.91 Å². The van der Waals surface area contributed by atoms with Gasteiger partial charge in [0.15, 0.2) is 0 Å². The van der Waals surface area contributed by atoms with E-state index in [4.69, 9.17) is 0 Å². The van der Waals surface area contributed by atoms with E-state index in [1.54, 1.807) is 30.7 Å². The molecule has 0 saturated heterocycles. The molecule has 19 heavy (non-hydrogen) atoms. The van der Waals surface area contributed by atoms with Crippen LogP contribution in [0.1, 0.15) is 15.9 Å². The Bertz CT molecular complexity index is 554. The third kappa shape index (κ3) is 3.28. The average molecular weight is 256 g/mol. The van der Waals surface area contributed by atoms with E-state index < -0.39 is 0 Å². The van der Waals surface area contributed by atoms with Crippen LogP contribution >= 0.6 is 0 Å². The van der Waals surface area contributed by atoms with Crippen molar-refractivity contribution in [1.29, 1.82) is 0 Å². The summed E-state index contributed by atoms with van der Waals surface area (Å²) >= 11 is 0. The number of carbonyl (C=O) groups is 1. The first kappa shape index (κ1) is 13.0. The van der Waals surface area contributed by atoms with E-state index in [0.29, 0.717) is 17.9 Å². The topological polar surface area (TPSA) is 58.1 Å². The molecule has 0 aliphatic carbocycles. The molecule has 0 aliphatic rings.